The molecule has 0 aromatic heterocycles. The van der Waals surface area contributed by atoms with E-state index in [4.69, 9.17) is 5.73 Å². The number of rotatable bonds is 1. The summed E-state index contributed by atoms with van der Waals surface area (Å²) in [6, 6.07) is 0. The molecule has 14 heavy (non-hydrogen) atoms. The summed E-state index contributed by atoms with van der Waals surface area (Å²) in [5.41, 5.74) is 6.82. The maximum absolute atomic E-state index is 6.58. The van der Waals surface area contributed by atoms with E-state index in [1.807, 2.05) is 0 Å². The molecule has 1 heteroatoms. The van der Waals surface area contributed by atoms with Crippen molar-refractivity contribution in [1.29, 1.82) is 0 Å². The topological polar surface area (TPSA) is 26.0 Å². The Morgan fingerprint density at radius 3 is 1.57 bits per heavy atom. The molecule has 0 heterocycles. The molecule has 1 nitrogen and oxygen atoms in total. The smallest absolute Gasteiger partial charge is 0.0213 e. The lowest BCUT2D eigenvalue weighted by Gasteiger charge is -2.46. The van der Waals surface area contributed by atoms with Crippen LogP contribution in [0.5, 0.6) is 0 Å². The van der Waals surface area contributed by atoms with Gasteiger partial charge in [0.25, 0.3) is 0 Å². The molecule has 0 bridgehead atoms. The van der Waals surface area contributed by atoms with Crippen LogP contribution in [0.15, 0.2) is 0 Å². The third-order valence-corrected chi connectivity index (χ3v) is 5.83. The molecule has 84 valence electrons. The van der Waals surface area contributed by atoms with Crippen LogP contribution < -0.4 is 5.73 Å². The molecule has 0 aromatic carbocycles. The molecular formula is C13H27N. The second-order valence-electron chi connectivity index (χ2n) is 6.16. The van der Waals surface area contributed by atoms with Crippen LogP contribution in [0.1, 0.15) is 48.5 Å². The fraction of sp³-hybridized carbons (Fsp3) is 1.00. The van der Waals surface area contributed by atoms with Gasteiger partial charge in [-0.25, -0.2) is 0 Å². The molecule has 0 spiro atoms. The normalized spacial score (nSPS) is 54.2. The van der Waals surface area contributed by atoms with E-state index < -0.39 is 0 Å². The average Bonchev–Trinajstić information content (AvgIpc) is 2.20. The maximum Gasteiger partial charge on any atom is 0.0213 e. The van der Waals surface area contributed by atoms with Crippen LogP contribution in [0.3, 0.4) is 0 Å². The quantitative estimate of drug-likeness (QED) is 0.686. The van der Waals surface area contributed by atoms with E-state index in [-0.39, 0.29) is 11.0 Å². The number of hydrogen-bond donors (Lipinski definition) is 1. The molecule has 1 rings (SSSR count). The highest BCUT2D eigenvalue weighted by molar-refractivity contribution is 5.12. The largest absolute Gasteiger partial charge is 0.325 e. The Kier molecular flexibility index (Phi) is 2.78. The van der Waals surface area contributed by atoms with Crippen LogP contribution in [-0.2, 0) is 0 Å². The molecule has 0 amide bonds. The Labute approximate surface area is 89.5 Å². The summed E-state index contributed by atoms with van der Waals surface area (Å²) in [6.45, 7) is 16.3. The Hall–Kier alpha value is -0.0400. The first-order valence-electron chi connectivity index (χ1n) is 5.96. The Morgan fingerprint density at radius 1 is 1.00 bits per heavy atom. The fourth-order valence-electron chi connectivity index (χ4n) is 3.65. The van der Waals surface area contributed by atoms with Gasteiger partial charge in [-0.1, -0.05) is 41.5 Å². The molecule has 0 saturated heterocycles. The summed E-state index contributed by atoms with van der Waals surface area (Å²) in [4.78, 5) is 0. The van der Waals surface area contributed by atoms with E-state index in [9.17, 15) is 0 Å². The van der Waals surface area contributed by atoms with Gasteiger partial charge < -0.3 is 5.73 Å². The van der Waals surface area contributed by atoms with Crippen molar-refractivity contribution in [1.82, 2.24) is 0 Å². The van der Waals surface area contributed by atoms with E-state index in [2.05, 4.69) is 48.5 Å². The van der Waals surface area contributed by atoms with Crippen LogP contribution in [-0.4, -0.2) is 5.54 Å². The summed E-state index contributed by atoms with van der Waals surface area (Å²) >= 11 is 0. The van der Waals surface area contributed by atoms with Crippen molar-refractivity contribution < 1.29 is 0 Å². The van der Waals surface area contributed by atoms with Gasteiger partial charge in [0.05, 0.1) is 0 Å². The summed E-state index contributed by atoms with van der Waals surface area (Å²) < 4.78 is 0. The first-order valence-corrected chi connectivity index (χ1v) is 5.96. The third kappa shape index (κ3) is 1.18. The highest BCUT2D eigenvalue weighted by Gasteiger charge is 2.59. The van der Waals surface area contributed by atoms with Crippen molar-refractivity contribution in [2.24, 2.45) is 34.8 Å². The van der Waals surface area contributed by atoms with Gasteiger partial charge in [-0.15, -0.1) is 0 Å². The molecule has 1 aliphatic rings. The fourth-order valence-corrected chi connectivity index (χ4v) is 3.65. The summed E-state index contributed by atoms with van der Waals surface area (Å²) in [5.74, 6) is 2.72. The van der Waals surface area contributed by atoms with Gasteiger partial charge in [0.2, 0.25) is 0 Å². The van der Waals surface area contributed by atoms with E-state index in [0.29, 0.717) is 17.8 Å². The molecule has 0 aromatic rings. The summed E-state index contributed by atoms with van der Waals surface area (Å²) in [5, 5.41) is 0. The molecule has 1 fully saturated rings. The highest BCUT2D eigenvalue weighted by atomic mass is 14.9. The molecule has 1 saturated carbocycles. The van der Waals surface area contributed by atoms with Crippen LogP contribution in [0, 0.1) is 29.1 Å². The zero-order valence-corrected chi connectivity index (χ0v) is 10.9. The zero-order valence-electron chi connectivity index (χ0n) is 10.9. The minimum atomic E-state index is -0.0278. The lowest BCUT2D eigenvalue weighted by atomic mass is 9.62. The first kappa shape index (κ1) is 12.0. The molecule has 5 atom stereocenters. The van der Waals surface area contributed by atoms with Gasteiger partial charge in [0, 0.05) is 5.54 Å². The Morgan fingerprint density at radius 2 is 1.43 bits per heavy atom. The van der Waals surface area contributed by atoms with Gasteiger partial charge in [0.1, 0.15) is 0 Å². The van der Waals surface area contributed by atoms with E-state index in [1.165, 1.54) is 0 Å². The second kappa shape index (κ2) is 3.23. The maximum atomic E-state index is 6.58. The van der Waals surface area contributed by atoms with Gasteiger partial charge in [-0.2, -0.15) is 0 Å². The van der Waals surface area contributed by atoms with E-state index >= 15 is 0 Å². The van der Waals surface area contributed by atoms with E-state index in [0.717, 1.165) is 5.92 Å². The first-order chi connectivity index (χ1) is 6.17. The average molecular weight is 197 g/mol. The molecule has 3 unspecified atom stereocenters. The summed E-state index contributed by atoms with van der Waals surface area (Å²) in [7, 11) is 0. The zero-order chi connectivity index (χ0) is 11.3. The van der Waals surface area contributed by atoms with Crippen LogP contribution in [0.2, 0.25) is 0 Å². The third-order valence-electron chi connectivity index (χ3n) is 5.83. The van der Waals surface area contributed by atoms with Gasteiger partial charge in [-0.3, -0.25) is 0 Å². The van der Waals surface area contributed by atoms with Crippen molar-refractivity contribution in [3.05, 3.63) is 0 Å². The van der Waals surface area contributed by atoms with Crippen LogP contribution in [0.25, 0.3) is 0 Å². The predicted octanol–water partition coefficient (Wildman–Crippen LogP) is 3.29. The minimum Gasteiger partial charge on any atom is -0.325 e. The van der Waals surface area contributed by atoms with Gasteiger partial charge in [-0.05, 0) is 36.0 Å². The number of hydrogen-bond acceptors (Lipinski definition) is 1. The van der Waals surface area contributed by atoms with Crippen molar-refractivity contribution in [3.8, 4) is 0 Å². The van der Waals surface area contributed by atoms with Crippen molar-refractivity contribution in [2.45, 2.75) is 54.0 Å². The Bertz CT molecular complexity index is 219. The summed E-state index contributed by atoms with van der Waals surface area (Å²) in [6.07, 6.45) is 0. The van der Waals surface area contributed by atoms with Crippen molar-refractivity contribution >= 4 is 0 Å². The van der Waals surface area contributed by atoms with Crippen molar-refractivity contribution in [3.63, 3.8) is 0 Å². The second-order valence-corrected chi connectivity index (χ2v) is 6.16. The van der Waals surface area contributed by atoms with Gasteiger partial charge >= 0.3 is 0 Å². The molecule has 2 N–H and O–H groups in total. The van der Waals surface area contributed by atoms with Gasteiger partial charge in [0.15, 0.2) is 0 Å². The van der Waals surface area contributed by atoms with E-state index in [1.54, 1.807) is 0 Å². The van der Waals surface area contributed by atoms with Crippen LogP contribution >= 0.6 is 0 Å². The molecule has 1 aliphatic carbocycles. The van der Waals surface area contributed by atoms with Crippen LogP contribution in [0.4, 0.5) is 0 Å². The lowest BCUT2D eigenvalue weighted by molar-refractivity contribution is 0.0691. The predicted molar refractivity (Wildman–Crippen MR) is 63.0 cm³/mol. The SMILES string of the molecule is CC1C(C)C(C)(N)[C@](C)(C(C)C)[C@H]1C. The Balaban J connectivity index is 3.18. The monoisotopic (exact) mass is 197 g/mol. The highest BCUT2D eigenvalue weighted by Crippen LogP contribution is 2.58. The molecule has 0 radical (unpaired) electrons. The minimum absolute atomic E-state index is 0.0278. The molecular weight excluding hydrogens is 170 g/mol. The number of nitrogens with two attached hydrogens (primary N) is 1. The van der Waals surface area contributed by atoms with Crippen molar-refractivity contribution in [2.75, 3.05) is 0 Å². The molecule has 0 aliphatic heterocycles. The lowest BCUT2D eigenvalue weighted by Crippen LogP contribution is -2.55. The standard InChI is InChI=1S/C13H27N/c1-8(2)12(6)10(4)9(3)11(5)13(12,7)14/h8-11H,14H2,1-7H3/t9?,10-,11?,12+,13?/m0/s1.